The molecule has 0 fully saturated rings. The summed E-state index contributed by atoms with van der Waals surface area (Å²) in [6.07, 6.45) is 0. The van der Waals surface area contributed by atoms with E-state index in [1.165, 1.54) is 54.4 Å². The van der Waals surface area contributed by atoms with Crippen molar-refractivity contribution < 1.29 is 4.42 Å². The van der Waals surface area contributed by atoms with E-state index in [1.54, 1.807) is 0 Å². The van der Waals surface area contributed by atoms with E-state index in [1.807, 2.05) is 0 Å². The van der Waals surface area contributed by atoms with Gasteiger partial charge in [0.1, 0.15) is 17.0 Å². The summed E-state index contributed by atoms with van der Waals surface area (Å²) in [6, 6.07) is 69.3. The summed E-state index contributed by atoms with van der Waals surface area (Å²) >= 11 is 0. The predicted molar refractivity (Wildman–Crippen MR) is 240 cm³/mol. The van der Waals surface area contributed by atoms with Gasteiger partial charge in [-0.2, -0.15) is 0 Å². The van der Waals surface area contributed by atoms with Crippen molar-refractivity contribution in [3.8, 4) is 28.5 Å². The number of fused-ring (bicyclic) bond motifs is 13. The molecule has 0 atom stereocenters. The Hall–Kier alpha value is -7.89. The summed E-state index contributed by atoms with van der Waals surface area (Å²) < 4.78 is 13.6. The van der Waals surface area contributed by atoms with Crippen LogP contribution in [0.3, 0.4) is 0 Å². The van der Waals surface area contributed by atoms with Gasteiger partial charge in [0.25, 0.3) is 0 Å². The topological polar surface area (TPSA) is 40.8 Å². The molecule has 0 saturated heterocycles. The number of pyridine rings is 1. The highest BCUT2D eigenvalue weighted by Gasteiger charge is 2.22. The number of nitrogens with zero attached hydrogens (tertiary/aromatic N) is 4. The molecule has 58 heavy (non-hydrogen) atoms. The summed E-state index contributed by atoms with van der Waals surface area (Å²) in [4.78, 5) is 5.47. The van der Waals surface area contributed by atoms with E-state index < -0.39 is 0 Å². The average molecular weight is 741 g/mol. The summed E-state index contributed by atoms with van der Waals surface area (Å²) in [5.74, 6) is 0.867. The van der Waals surface area contributed by atoms with E-state index >= 15 is 0 Å². The lowest BCUT2D eigenvalue weighted by molar-refractivity contribution is 0.669. The first kappa shape index (κ1) is 31.3. The van der Waals surface area contributed by atoms with Crippen molar-refractivity contribution in [3.63, 3.8) is 0 Å². The number of hydrogen-bond donors (Lipinski definition) is 0. The van der Waals surface area contributed by atoms with Gasteiger partial charge in [-0.3, -0.25) is 4.57 Å². The Bertz CT molecular complexity index is 3750. The molecule has 0 spiro atoms. The van der Waals surface area contributed by atoms with Crippen LogP contribution < -0.4 is 0 Å². The quantitative estimate of drug-likeness (QED) is 0.180. The maximum atomic E-state index is 6.45. The monoisotopic (exact) mass is 740 g/mol. The number of aromatic nitrogens is 4. The lowest BCUT2D eigenvalue weighted by Gasteiger charge is -2.13. The number of furan rings is 1. The molecule has 0 aliphatic carbocycles. The molecular formula is C53H32N4O. The van der Waals surface area contributed by atoms with Crippen molar-refractivity contribution in [2.24, 2.45) is 0 Å². The lowest BCUT2D eigenvalue weighted by Crippen LogP contribution is -2.01. The van der Waals surface area contributed by atoms with Gasteiger partial charge in [0, 0.05) is 60.0 Å². The van der Waals surface area contributed by atoms with Crippen molar-refractivity contribution >= 4 is 87.4 Å². The molecule has 5 aromatic heterocycles. The third kappa shape index (κ3) is 4.33. The molecule has 270 valence electrons. The molecule has 5 nitrogen and oxygen atoms in total. The number of hydrogen-bond acceptors (Lipinski definition) is 2. The summed E-state index contributed by atoms with van der Waals surface area (Å²) in [6.45, 7) is 0. The van der Waals surface area contributed by atoms with Crippen LogP contribution in [0.4, 0.5) is 0 Å². The molecule has 0 amide bonds. The highest BCUT2D eigenvalue weighted by atomic mass is 16.3. The fourth-order valence-electron chi connectivity index (χ4n) is 9.56. The van der Waals surface area contributed by atoms with Crippen molar-refractivity contribution in [3.05, 3.63) is 194 Å². The fourth-order valence-corrected chi connectivity index (χ4v) is 9.56. The molecule has 8 aromatic carbocycles. The van der Waals surface area contributed by atoms with Gasteiger partial charge in [0.05, 0.1) is 38.8 Å². The van der Waals surface area contributed by atoms with Crippen LogP contribution in [0.2, 0.25) is 0 Å². The van der Waals surface area contributed by atoms with Gasteiger partial charge in [-0.1, -0.05) is 109 Å². The molecule has 0 radical (unpaired) electrons. The summed E-state index contributed by atoms with van der Waals surface area (Å²) in [7, 11) is 0. The molecule has 0 aliphatic heterocycles. The van der Waals surface area contributed by atoms with E-state index in [0.717, 1.165) is 61.4 Å². The summed E-state index contributed by atoms with van der Waals surface area (Å²) in [5, 5.41) is 9.46. The van der Waals surface area contributed by atoms with Crippen LogP contribution in [0.15, 0.2) is 199 Å². The molecule has 13 aromatic rings. The summed E-state index contributed by atoms with van der Waals surface area (Å²) in [5.41, 5.74) is 12.8. The van der Waals surface area contributed by atoms with Crippen LogP contribution in [0.1, 0.15) is 0 Å². The highest BCUT2D eigenvalue weighted by Crippen LogP contribution is 2.42. The lowest BCUT2D eigenvalue weighted by atomic mass is 10.1. The van der Waals surface area contributed by atoms with E-state index in [4.69, 9.17) is 9.40 Å². The third-order valence-corrected chi connectivity index (χ3v) is 12.0. The van der Waals surface area contributed by atoms with Crippen LogP contribution in [0, 0.1) is 0 Å². The predicted octanol–water partition coefficient (Wildman–Crippen LogP) is 13.9. The zero-order valence-corrected chi connectivity index (χ0v) is 31.2. The van der Waals surface area contributed by atoms with Crippen molar-refractivity contribution in [1.29, 1.82) is 0 Å². The molecule has 0 saturated carbocycles. The van der Waals surface area contributed by atoms with E-state index in [9.17, 15) is 0 Å². The Morgan fingerprint density at radius 2 is 0.845 bits per heavy atom. The molecule has 0 bridgehead atoms. The first-order valence-corrected chi connectivity index (χ1v) is 19.7. The second kappa shape index (κ2) is 11.8. The maximum Gasteiger partial charge on any atom is 0.138 e. The van der Waals surface area contributed by atoms with Gasteiger partial charge in [0.2, 0.25) is 0 Å². The molecule has 0 unspecified atom stereocenters. The van der Waals surface area contributed by atoms with Crippen molar-refractivity contribution in [2.75, 3.05) is 0 Å². The zero-order chi connectivity index (χ0) is 37.9. The largest absolute Gasteiger partial charge is 0.456 e. The van der Waals surface area contributed by atoms with Gasteiger partial charge in [-0.25, -0.2) is 4.98 Å². The molecule has 0 aliphatic rings. The second-order valence-corrected chi connectivity index (χ2v) is 15.1. The van der Waals surface area contributed by atoms with Gasteiger partial charge in [0.15, 0.2) is 0 Å². The minimum absolute atomic E-state index is 0.854. The van der Waals surface area contributed by atoms with E-state index in [2.05, 4.69) is 208 Å². The number of para-hydroxylation sites is 5. The Morgan fingerprint density at radius 3 is 1.50 bits per heavy atom. The van der Waals surface area contributed by atoms with Crippen LogP contribution in [-0.4, -0.2) is 18.7 Å². The smallest absolute Gasteiger partial charge is 0.138 e. The zero-order valence-electron chi connectivity index (χ0n) is 31.2. The molecule has 0 N–H and O–H groups in total. The van der Waals surface area contributed by atoms with Crippen LogP contribution in [-0.2, 0) is 0 Å². The third-order valence-electron chi connectivity index (χ3n) is 12.0. The first-order valence-electron chi connectivity index (χ1n) is 19.7. The van der Waals surface area contributed by atoms with Gasteiger partial charge >= 0.3 is 0 Å². The molecule has 5 heteroatoms. The van der Waals surface area contributed by atoms with Crippen molar-refractivity contribution in [2.45, 2.75) is 0 Å². The SMILES string of the molecule is c1ccc(-n2c3ccccc3c3ccc4c5ccccc5n(-c5cccc(-c6ccc7oc8ccc(-n9c%10ccccc%10c%10ccccc%109)cc8c7c6)n5)c4c32)cc1. The average Bonchev–Trinajstić information content (AvgIpc) is 4.03. The molecule has 5 heterocycles. The second-order valence-electron chi connectivity index (χ2n) is 15.1. The minimum Gasteiger partial charge on any atom is -0.456 e. The normalized spacial score (nSPS) is 12.1. The van der Waals surface area contributed by atoms with Crippen molar-refractivity contribution in [1.82, 2.24) is 18.7 Å². The van der Waals surface area contributed by atoms with Gasteiger partial charge in [-0.15, -0.1) is 0 Å². The van der Waals surface area contributed by atoms with Crippen LogP contribution in [0.5, 0.6) is 0 Å². The Kier molecular flexibility index (Phi) is 6.38. The van der Waals surface area contributed by atoms with Gasteiger partial charge < -0.3 is 13.6 Å². The van der Waals surface area contributed by atoms with Gasteiger partial charge in [-0.05, 0) is 84.9 Å². The molecule has 13 rings (SSSR count). The maximum absolute atomic E-state index is 6.45. The van der Waals surface area contributed by atoms with E-state index in [0.29, 0.717) is 0 Å². The standard InChI is InChI=1S/C53H32N4O/c1-2-13-34(14-3-1)56-47-22-10-6-17-38(47)40-27-28-41-39-18-7-11-23-48(39)57(53(41)52(40)56)51-24-12-19-44(54-51)33-25-29-49-42(31-33)43-32-35(26-30-50(43)58-49)55-45-20-8-4-15-36(45)37-16-5-9-21-46(37)55/h1-32H. The minimum atomic E-state index is 0.854. The Balaban J connectivity index is 1.02. The van der Waals surface area contributed by atoms with Crippen LogP contribution >= 0.6 is 0 Å². The number of benzene rings is 8. The number of rotatable bonds is 4. The van der Waals surface area contributed by atoms with Crippen LogP contribution in [0.25, 0.3) is 116 Å². The Labute approximate surface area is 331 Å². The fraction of sp³-hybridized carbons (Fsp3) is 0. The first-order chi connectivity index (χ1) is 28.8. The Morgan fingerprint density at radius 1 is 0.328 bits per heavy atom. The molecular weight excluding hydrogens is 709 g/mol. The van der Waals surface area contributed by atoms with E-state index in [-0.39, 0.29) is 0 Å². The highest BCUT2D eigenvalue weighted by molar-refractivity contribution is 6.24.